The summed E-state index contributed by atoms with van der Waals surface area (Å²) < 4.78 is 0. The number of benzene rings is 1. The summed E-state index contributed by atoms with van der Waals surface area (Å²) in [4.78, 5) is 26.7. The molecule has 30 heavy (non-hydrogen) atoms. The Hall–Kier alpha value is -2.42. The summed E-state index contributed by atoms with van der Waals surface area (Å²) in [5.41, 5.74) is 1.78. The zero-order valence-corrected chi connectivity index (χ0v) is 17.8. The van der Waals surface area contributed by atoms with E-state index in [0.29, 0.717) is 6.04 Å². The van der Waals surface area contributed by atoms with Crippen LogP contribution in [0.5, 0.6) is 0 Å². The Balaban J connectivity index is 1.33. The van der Waals surface area contributed by atoms with E-state index in [2.05, 4.69) is 49.2 Å². The van der Waals surface area contributed by atoms with Crippen molar-refractivity contribution in [3.05, 3.63) is 41.2 Å². The van der Waals surface area contributed by atoms with Crippen molar-refractivity contribution in [1.29, 1.82) is 0 Å². The summed E-state index contributed by atoms with van der Waals surface area (Å²) in [5.74, 6) is -0.974. The molecule has 2 N–H and O–H groups in total. The molecule has 2 saturated heterocycles. The van der Waals surface area contributed by atoms with Crippen molar-refractivity contribution in [2.45, 2.75) is 18.9 Å². The molecule has 0 aliphatic carbocycles. The van der Waals surface area contributed by atoms with Crippen LogP contribution in [0, 0.1) is 0 Å². The van der Waals surface area contributed by atoms with Crippen LogP contribution in [0.25, 0.3) is 0 Å². The van der Waals surface area contributed by atoms with Crippen LogP contribution in [0.15, 0.2) is 30.5 Å². The summed E-state index contributed by atoms with van der Waals surface area (Å²) in [6.45, 7) is 6.81. The van der Waals surface area contributed by atoms with E-state index in [9.17, 15) is 4.79 Å². The average molecular weight is 431 g/mol. The molecule has 9 heteroatoms. The summed E-state index contributed by atoms with van der Waals surface area (Å²) in [6.07, 6.45) is 3.68. The Morgan fingerprint density at radius 3 is 2.40 bits per heavy atom. The van der Waals surface area contributed by atoms with E-state index in [4.69, 9.17) is 16.7 Å². The number of piperidine rings is 1. The standard InChI is InChI=1S/C21H27ClN6O2/c1-26-10-12-28(13-11-26)17-6-8-27(9-7-17)16-4-2-15(3-5-16)24-21-23-14-18(22)19(25-21)20(29)30/h2-5,14,17H,6-13H2,1H3,(H,29,30)(H,23,24,25). The highest BCUT2D eigenvalue weighted by Crippen LogP contribution is 2.25. The molecule has 2 aliphatic heterocycles. The average Bonchev–Trinajstić information content (AvgIpc) is 2.76. The molecule has 0 radical (unpaired) electrons. The predicted octanol–water partition coefficient (Wildman–Crippen LogP) is 2.79. The number of aromatic carboxylic acids is 1. The molecule has 0 bridgehead atoms. The first kappa shape index (κ1) is 20.8. The van der Waals surface area contributed by atoms with E-state index in [-0.39, 0.29) is 16.7 Å². The van der Waals surface area contributed by atoms with E-state index < -0.39 is 5.97 Å². The monoisotopic (exact) mass is 430 g/mol. The lowest BCUT2D eigenvalue weighted by Crippen LogP contribution is -2.52. The number of halogens is 1. The molecule has 3 heterocycles. The molecule has 8 nitrogen and oxygen atoms in total. The molecule has 0 saturated carbocycles. The summed E-state index contributed by atoms with van der Waals surface area (Å²) in [6, 6.07) is 8.76. The number of nitrogens with zero attached hydrogens (tertiary/aromatic N) is 5. The third kappa shape index (κ3) is 4.83. The molecular weight excluding hydrogens is 404 g/mol. The van der Waals surface area contributed by atoms with Crippen LogP contribution in [0.2, 0.25) is 5.02 Å². The van der Waals surface area contributed by atoms with Crippen molar-refractivity contribution < 1.29 is 9.90 Å². The number of likely N-dealkylation sites (N-methyl/N-ethyl adjacent to an activating group) is 1. The fourth-order valence-electron chi connectivity index (χ4n) is 4.14. The van der Waals surface area contributed by atoms with Crippen LogP contribution in [-0.2, 0) is 0 Å². The number of piperazine rings is 1. The predicted molar refractivity (Wildman–Crippen MR) is 118 cm³/mol. The second-order valence-electron chi connectivity index (χ2n) is 7.92. The van der Waals surface area contributed by atoms with Crippen molar-refractivity contribution in [2.75, 3.05) is 56.5 Å². The molecule has 2 fully saturated rings. The number of carbonyl (C=O) groups is 1. The lowest BCUT2D eigenvalue weighted by Gasteiger charge is -2.42. The number of carboxylic acid groups (broad SMARTS) is 1. The van der Waals surface area contributed by atoms with Gasteiger partial charge in [0.2, 0.25) is 5.95 Å². The smallest absolute Gasteiger partial charge is 0.356 e. The molecule has 2 aromatic rings. The molecule has 1 aromatic carbocycles. The van der Waals surface area contributed by atoms with Gasteiger partial charge in [-0.25, -0.2) is 14.8 Å². The van der Waals surface area contributed by atoms with E-state index in [1.165, 1.54) is 50.9 Å². The Kier molecular flexibility index (Phi) is 6.36. The van der Waals surface area contributed by atoms with Gasteiger partial charge in [-0.15, -0.1) is 0 Å². The molecule has 0 amide bonds. The fourth-order valence-corrected chi connectivity index (χ4v) is 4.31. The van der Waals surface area contributed by atoms with Gasteiger partial charge < -0.3 is 20.2 Å². The van der Waals surface area contributed by atoms with E-state index in [1.54, 1.807) is 0 Å². The SMILES string of the molecule is CN1CCN(C2CCN(c3ccc(Nc4ncc(Cl)c(C(=O)O)n4)cc3)CC2)CC1. The Bertz CT molecular complexity index is 878. The minimum absolute atomic E-state index is 0.0170. The van der Waals surface area contributed by atoms with Crippen molar-refractivity contribution in [3.8, 4) is 0 Å². The molecule has 0 spiro atoms. The molecule has 160 valence electrons. The molecule has 0 unspecified atom stereocenters. The molecular formula is C21H27ClN6O2. The largest absolute Gasteiger partial charge is 0.476 e. The maximum atomic E-state index is 11.2. The Labute approximate surface area is 181 Å². The van der Waals surface area contributed by atoms with Crippen molar-refractivity contribution >= 4 is 34.9 Å². The molecule has 4 rings (SSSR count). The van der Waals surface area contributed by atoms with Crippen molar-refractivity contribution in [2.24, 2.45) is 0 Å². The van der Waals surface area contributed by atoms with Crippen LogP contribution in [0.3, 0.4) is 0 Å². The van der Waals surface area contributed by atoms with Gasteiger partial charge >= 0.3 is 5.97 Å². The van der Waals surface area contributed by atoms with Gasteiger partial charge in [-0.05, 0) is 44.2 Å². The molecule has 0 atom stereocenters. The van der Waals surface area contributed by atoms with Crippen LogP contribution in [-0.4, -0.2) is 83.2 Å². The zero-order chi connectivity index (χ0) is 21.1. The van der Waals surface area contributed by atoms with Gasteiger partial charge in [0.05, 0.1) is 11.2 Å². The topological polar surface area (TPSA) is 84.8 Å². The van der Waals surface area contributed by atoms with Gasteiger partial charge in [0.25, 0.3) is 0 Å². The van der Waals surface area contributed by atoms with Crippen LogP contribution in [0.4, 0.5) is 17.3 Å². The van der Waals surface area contributed by atoms with Gasteiger partial charge in [-0.3, -0.25) is 4.90 Å². The van der Waals surface area contributed by atoms with Gasteiger partial charge in [-0.2, -0.15) is 0 Å². The van der Waals surface area contributed by atoms with E-state index in [0.717, 1.165) is 18.8 Å². The van der Waals surface area contributed by atoms with E-state index in [1.807, 2.05) is 12.1 Å². The van der Waals surface area contributed by atoms with Gasteiger partial charge in [0.15, 0.2) is 5.69 Å². The quantitative estimate of drug-likeness (QED) is 0.749. The Morgan fingerprint density at radius 1 is 1.10 bits per heavy atom. The summed E-state index contributed by atoms with van der Waals surface area (Å²) >= 11 is 5.82. The van der Waals surface area contributed by atoms with Crippen molar-refractivity contribution in [1.82, 2.24) is 19.8 Å². The Morgan fingerprint density at radius 2 is 1.77 bits per heavy atom. The fraction of sp³-hybridized carbons (Fsp3) is 0.476. The number of nitrogens with one attached hydrogen (secondary N) is 1. The van der Waals surface area contributed by atoms with Crippen LogP contribution >= 0.6 is 11.6 Å². The molecule has 2 aliphatic rings. The minimum Gasteiger partial charge on any atom is -0.476 e. The zero-order valence-electron chi connectivity index (χ0n) is 17.1. The number of aromatic nitrogens is 2. The number of hydrogen-bond donors (Lipinski definition) is 2. The first-order valence-corrected chi connectivity index (χ1v) is 10.7. The number of anilines is 3. The summed E-state index contributed by atoms with van der Waals surface area (Å²) in [7, 11) is 2.20. The van der Waals surface area contributed by atoms with E-state index >= 15 is 0 Å². The first-order chi connectivity index (χ1) is 14.5. The number of hydrogen-bond acceptors (Lipinski definition) is 7. The van der Waals surface area contributed by atoms with Gasteiger partial charge in [0, 0.05) is 56.7 Å². The lowest BCUT2D eigenvalue weighted by atomic mass is 10.0. The second-order valence-corrected chi connectivity index (χ2v) is 8.33. The maximum Gasteiger partial charge on any atom is 0.356 e. The highest BCUT2D eigenvalue weighted by atomic mass is 35.5. The van der Waals surface area contributed by atoms with Gasteiger partial charge in [0.1, 0.15) is 0 Å². The minimum atomic E-state index is -1.18. The van der Waals surface area contributed by atoms with Crippen LogP contribution in [0.1, 0.15) is 23.3 Å². The maximum absolute atomic E-state index is 11.2. The second kappa shape index (κ2) is 9.16. The highest BCUT2D eigenvalue weighted by molar-refractivity contribution is 6.33. The normalized spacial score (nSPS) is 19.1. The molecule has 1 aromatic heterocycles. The summed E-state index contributed by atoms with van der Waals surface area (Å²) in [5, 5.41) is 12.2. The van der Waals surface area contributed by atoms with Gasteiger partial charge in [-0.1, -0.05) is 11.6 Å². The van der Waals surface area contributed by atoms with Crippen LogP contribution < -0.4 is 10.2 Å². The number of rotatable bonds is 5. The number of carboxylic acids is 1. The van der Waals surface area contributed by atoms with Crippen molar-refractivity contribution in [3.63, 3.8) is 0 Å². The first-order valence-electron chi connectivity index (χ1n) is 10.3. The highest BCUT2D eigenvalue weighted by Gasteiger charge is 2.26. The third-order valence-electron chi connectivity index (χ3n) is 5.95. The third-order valence-corrected chi connectivity index (χ3v) is 6.23. The lowest BCUT2D eigenvalue weighted by molar-refractivity contribution is 0.0690.